The maximum atomic E-state index is 14.4. The fourth-order valence-corrected chi connectivity index (χ4v) is 3.06. The first-order chi connectivity index (χ1) is 13.5. The molecule has 3 aromatic rings. The summed E-state index contributed by atoms with van der Waals surface area (Å²) in [7, 11) is 0. The van der Waals surface area contributed by atoms with Gasteiger partial charge in [-0.2, -0.15) is 0 Å². The van der Waals surface area contributed by atoms with Gasteiger partial charge in [-0.25, -0.2) is 13.2 Å². The molecule has 0 bridgehead atoms. The van der Waals surface area contributed by atoms with Crippen LogP contribution in [0.1, 0.15) is 42.5 Å². The number of halogens is 3. The van der Waals surface area contributed by atoms with E-state index in [2.05, 4.69) is 11.8 Å². The topological polar surface area (TPSA) is 0 Å². The molecule has 3 rings (SSSR count). The van der Waals surface area contributed by atoms with Gasteiger partial charge in [0.2, 0.25) is 0 Å². The summed E-state index contributed by atoms with van der Waals surface area (Å²) in [5, 5.41) is 0. The smallest absolute Gasteiger partial charge is 0.166 e. The quantitative estimate of drug-likeness (QED) is 0.444. The van der Waals surface area contributed by atoms with Gasteiger partial charge in [-0.3, -0.25) is 0 Å². The predicted molar refractivity (Wildman–Crippen MR) is 108 cm³/mol. The molecule has 0 saturated heterocycles. The lowest BCUT2D eigenvalue weighted by Gasteiger charge is -2.08. The van der Waals surface area contributed by atoms with E-state index in [4.69, 9.17) is 0 Å². The van der Waals surface area contributed by atoms with Crippen LogP contribution in [0.5, 0.6) is 0 Å². The van der Waals surface area contributed by atoms with Crippen molar-refractivity contribution in [2.24, 2.45) is 0 Å². The third-order valence-corrected chi connectivity index (χ3v) is 4.66. The molecule has 0 saturated carbocycles. The van der Waals surface area contributed by atoms with Crippen molar-refractivity contribution in [3.8, 4) is 23.0 Å². The highest BCUT2D eigenvalue weighted by Crippen LogP contribution is 2.27. The van der Waals surface area contributed by atoms with E-state index in [1.165, 1.54) is 6.07 Å². The zero-order chi connectivity index (χ0) is 20.1. The minimum Gasteiger partial charge on any atom is -0.207 e. The number of benzene rings is 3. The first-order valence-corrected chi connectivity index (χ1v) is 9.41. The second kappa shape index (κ2) is 8.80. The van der Waals surface area contributed by atoms with Crippen molar-refractivity contribution in [2.75, 3.05) is 0 Å². The first kappa shape index (κ1) is 19.8. The van der Waals surface area contributed by atoms with Gasteiger partial charge in [-0.15, -0.1) is 0 Å². The molecule has 0 aliphatic heterocycles. The largest absolute Gasteiger partial charge is 0.207 e. The van der Waals surface area contributed by atoms with Crippen LogP contribution in [-0.4, -0.2) is 0 Å². The SMILES string of the molecule is CCCc1ccc(-c2ccc(C#Cc3ccc(CC)c(F)c3)cc2)c(F)c1F. The summed E-state index contributed by atoms with van der Waals surface area (Å²) in [6.45, 7) is 3.83. The average molecular weight is 378 g/mol. The fraction of sp³-hybridized carbons (Fsp3) is 0.200. The molecule has 0 fully saturated rings. The number of hydrogen-bond acceptors (Lipinski definition) is 0. The molecule has 3 aromatic carbocycles. The van der Waals surface area contributed by atoms with Gasteiger partial charge >= 0.3 is 0 Å². The van der Waals surface area contributed by atoms with Gasteiger partial charge in [0.15, 0.2) is 11.6 Å². The Kier molecular flexibility index (Phi) is 6.21. The Morgan fingerprint density at radius 1 is 0.714 bits per heavy atom. The summed E-state index contributed by atoms with van der Waals surface area (Å²) in [5.41, 5.74) is 3.18. The summed E-state index contributed by atoms with van der Waals surface area (Å²) in [6.07, 6.45) is 1.91. The van der Waals surface area contributed by atoms with Gasteiger partial charge in [-0.1, -0.05) is 62.4 Å². The zero-order valence-electron chi connectivity index (χ0n) is 16.0. The minimum atomic E-state index is -0.823. The van der Waals surface area contributed by atoms with Gasteiger partial charge in [-0.05, 0) is 53.8 Å². The summed E-state index contributed by atoms with van der Waals surface area (Å²) in [6, 6.07) is 15.1. The van der Waals surface area contributed by atoms with Crippen molar-refractivity contribution < 1.29 is 13.2 Å². The molecule has 0 N–H and O–H groups in total. The van der Waals surface area contributed by atoms with Crippen LogP contribution in [0.2, 0.25) is 0 Å². The monoisotopic (exact) mass is 378 g/mol. The van der Waals surface area contributed by atoms with Crippen LogP contribution in [0.25, 0.3) is 11.1 Å². The second-order valence-corrected chi connectivity index (χ2v) is 6.64. The van der Waals surface area contributed by atoms with Gasteiger partial charge in [0.1, 0.15) is 5.82 Å². The van der Waals surface area contributed by atoms with Gasteiger partial charge < -0.3 is 0 Å². The van der Waals surface area contributed by atoms with Gasteiger partial charge in [0.05, 0.1) is 0 Å². The molecule has 0 radical (unpaired) electrons. The molecule has 0 unspecified atom stereocenters. The Hall–Kier alpha value is -2.99. The molecule has 0 atom stereocenters. The van der Waals surface area contributed by atoms with Crippen LogP contribution < -0.4 is 0 Å². The van der Waals surface area contributed by atoms with E-state index in [0.29, 0.717) is 40.7 Å². The molecule has 142 valence electrons. The van der Waals surface area contributed by atoms with E-state index in [9.17, 15) is 13.2 Å². The van der Waals surface area contributed by atoms with Crippen molar-refractivity contribution in [3.05, 3.63) is 94.3 Å². The Bertz CT molecular complexity index is 1040. The molecule has 0 aliphatic rings. The molecule has 28 heavy (non-hydrogen) atoms. The third-order valence-electron chi connectivity index (χ3n) is 4.66. The zero-order valence-corrected chi connectivity index (χ0v) is 16.0. The second-order valence-electron chi connectivity index (χ2n) is 6.64. The van der Waals surface area contributed by atoms with Crippen LogP contribution in [0.15, 0.2) is 54.6 Å². The minimum absolute atomic E-state index is 0.231. The van der Waals surface area contributed by atoms with Crippen molar-refractivity contribution >= 4 is 0 Å². The lowest BCUT2D eigenvalue weighted by atomic mass is 9.99. The highest BCUT2D eigenvalue weighted by atomic mass is 19.2. The lowest BCUT2D eigenvalue weighted by Crippen LogP contribution is -1.97. The number of aryl methyl sites for hydroxylation is 2. The molecule has 0 spiro atoms. The molecular weight excluding hydrogens is 357 g/mol. The van der Waals surface area contributed by atoms with Gasteiger partial charge in [0, 0.05) is 16.7 Å². The Morgan fingerprint density at radius 3 is 2.00 bits per heavy atom. The molecule has 0 heterocycles. The molecule has 0 aliphatic carbocycles. The van der Waals surface area contributed by atoms with E-state index in [-0.39, 0.29) is 11.4 Å². The maximum Gasteiger partial charge on any atom is 0.166 e. The molecular formula is C25H21F3. The van der Waals surface area contributed by atoms with Crippen LogP contribution >= 0.6 is 0 Å². The third kappa shape index (κ3) is 4.28. The highest BCUT2D eigenvalue weighted by Gasteiger charge is 2.14. The Morgan fingerprint density at radius 2 is 1.36 bits per heavy atom. The summed E-state index contributed by atoms with van der Waals surface area (Å²) in [4.78, 5) is 0. The van der Waals surface area contributed by atoms with E-state index in [1.807, 2.05) is 13.8 Å². The summed E-state index contributed by atoms with van der Waals surface area (Å²) < 4.78 is 42.4. The van der Waals surface area contributed by atoms with Crippen LogP contribution in [0.3, 0.4) is 0 Å². The van der Waals surface area contributed by atoms with Crippen molar-refractivity contribution in [1.29, 1.82) is 0 Å². The van der Waals surface area contributed by atoms with Crippen molar-refractivity contribution in [3.63, 3.8) is 0 Å². The first-order valence-electron chi connectivity index (χ1n) is 9.41. The average Bonchev–Trinajstić information content (AvgIpc) is 2.71. The molecule has 0 aromatic heterocycles. The standard InChI is InChI=1S/C25H21F3/c1-3-5-21-14-15-22(25(28)24(21)27)20-12-8-17(9-13-20)6-7-18-10-11-19(4-2)23(26)16-18/h8-16H,3-5H2,1-2H3. The molecule has 0 nitrogen and oxygen atoms in total. The molecule has 0 amide bonds. The molecule has 3 heteroatoms. The summed E-state index contributed by atoms with van der Waals surface area (Å²) in [5.74, 6) is 4.05. The van der Waals surface area contributed by atoms with Crippen LogP contribution in [0, 0.1) is 29.3 Å². The lowest BCUT2D eigenvalue weighted by molar-refractivity contribution is 0.500. The highest BCUT2D eigenvalue weighted by molar-refractivity contribution is 5.66. The Labute approximate surface area is 164 Å². The number of rotatable bonds is 4. The number of hydrogen-bond donors (Lipinski definition) is 0. The predicted octanol–water partition coefficient (Wildman–Crippen LogP) is 6.69. The van der Waals surface area contributed by atoms with E-state index < -0.39 is 11.6 Å². The van der Waals surface area contributed by atoms with E-state index in [1.54, 1.807) is 48.5 Å². The normalized spacial score (nSPS) is 10.5. The summed E-state index contributed by atoms with van der Waals surface area (Å²) >= 11 is 0. The van der Waals surface area contributed by atoms with E-state index >= 15 is 0 Å². The van der Waals surface area contributed by atoms with Crippen LogP contribution in [-0.2, 0) is 12.8 Å². The van der Waals surface area contributed by atoms with Gasteiger partial charge in [0.25, 0.3) is 0 Å². The van der Waals surface area contributed by atoms with E-state index in [0.717, 1.165) is 6.42 Å². The van der Waals surface area contributed by atoms with Crippen molar-refractivity contribution in [1.82, 2.24) is 0 Å². The van der Waals surface area contributed by atoms with Crippen molar-refractivity contribution in [2.45, 2.75) is 33.1 Å². The fourth-order valence-electron chi connectivity index (χ4n) is 3.06. The Balaban J connectivity index is 1.83. The van der Waals surface area contributed by atoms with Crippen LogP contribution in [0.4, 0.5) is 13.2 Å². The maximum absolute atomic E-state index is 14.4.